The largest absolute Gasteiger partial charge is 0.496 e. The molecule has 0 aliphatic carbocycles. The maximum atomic E-state index is 13.2. The van der Waals surface area contributed by atoms with Gasteiger partial charge >= 0.3 is 0 Å². The molecule has 27 heavy (non-hydrogen) atoms. The van der Waals surface area contributed by atoms with Crippen LogP contribution >= 0.6 is 0 Å². The number of hydrogen-bond donors (Lipinski definition) is 1. The van der Waals surface area contributed by atoms with E-state index in [1.165, 1.54) is 12.4 Å². The van der Waals surface area contributed by atoms with Gasteiger partial charge in [-0.2, -0.15) is 15.6 Å². The zero-order valence-corrected chi connectivity index (χ0v) is 15.4. The number of H-pyrrole nitrogens is 1. The molecule has 1 N–H and O–H groups in total. The van der Waals surface area contributed by atoms with Gasteiger partial charge in [-0.05, 0) is 25.0 Å². The number of nitrogens with one attached hydrogen (secondary N) is 1. The van der Waals surface area contributed by atoms with E-state index < -0.39 is 5.41 Å². The molecule has 0 spiro atoms. The van der Waals surface area contributed by atoms with Crippen LogP contribution in [0.3, 0.4) is 0 Å². The van der Waals surface area contributed by atoms with Gasteiger partial charge in [0.05, 0.1) is 19.2 Å². The van der Waals surface area contributed by atoms with Crippen molar-refractivity contribution in [1.82, 2.24) is 15.2 Å². The molecule has 0 unspecified atom stereocenters. The van der Waals surface area contributed by atoms with Crippen molar-refractivity contribution < 1.29 is 9.53 Å². The fraction of sp³-hybridized carbons (Fsp3) is 0.350. The number of hydrogen-bond acceptors (Lipinski definition) is 6. The Bertz CT molecular complexity index is 870. The SMILES string of the molecule is COc1ccccc1C(=CC(=O)C(C)(CCC#N)CCC#N)c1ncn[nH]1. The number of ketones is 1. The van der Waals surface area contributed by atoms with Crippen LogP contribution in [0, 0.1) is 28.1 Å². The molecule has 0 saturated carbocycles. The van der Waals surface area contributed by atoms with Gasteiger partial charge in [0.15, 0.2) is 11.6 Å². The minimum atomic E-state index is -0.807. The lowest BCUT2D eigenvalue weighted by Gasteiger charge is -2.25. The third-order valence-corrected chi connectivity index (χ3v) is 4.51. The lowest BCUT2D eigenvalue weighted by molar-refractivity contribution is -0.123. The van der Waals surface area contributed by atoms with E-state index >= 15 is 0 Å². The van der Waals surface area contributed by atoms with Crippen LogP contribution < -0.4 is 4.74 Å². The van der Waals surface area contributed by atoms with Crippen molar-refractivity contribution in [3.05, 3.63) is 48.1 Å². The zero-order chi connectivity index (χ0) is 19.7. The molecule has 2 aromatic rings. The molecule has 1 aromatic heterocycles. The van der Waals surface area contributed by atoms with E-state index in [0.29, 0.717) is 35.6 Å². The maximum absolute atomic E-state index is 13.2. The fourth-order valence-corrected chi connectivity index (χ4v) is 2.82. The van der Waals surface area contributed by atoms with Gasteiger partial charge in [0, 0.05) is 29.4 Å². The summed E-state index contributed by atoms with van der Waals surface area (Å²) in [6.07, 6.45) is 4.13. The Balaban J connectivity index is 2.51. The number of benzene rings is 1. The quantitative estimate of drug-likeness (QED) is 0.682. The highest BCUT2D eigenvalue weighted by Gasteiger charge is 2.31. The Morgan fingerprint density at radius 3 is 2.48 bits per heavy atom. The number of nitrogens with zero attached hydrogens (tertiary/aromatic N) is 4. The molecular weight excluding hydrogens is 342 g/mol. The molecule has 1 aromatic carbocycles. The number of aromatic nitrogens is 3. The fourth-order valence-electron chi connectivity index (χ4n) is 2.82. The maximum Gasteiger partial charge on any atom is 0.162 e. The number of allylic oxidation sites excluding steroid dienone is 1. The monoisotopic (exact) mass is 363 g/mol. The van der Waals surface area contributed by atoms with E-state index in [1.54, 1.807) is 20.1 Å². The topological polar surface area (TPSA) is 115 Å². The van der Waals surface area contributed by atoms with Crippen molar-refractivity contribution in [3.8, 4) is 17.9 Å². The Kier molecular flexibility index (Phi) is 6.85. The standard InChI is InChI=1S/C20H21N5O2/c1-20(9-5-11-21,10-6-12-22)18(26)13-16(19-23-14-24-25-19)15-7-3-4-8-17(15)27-2/h3-4,7-8,13-14H,5-6,9-10H2,1-2H3,(H,23,24,25). The number of methoxy groups -OCH3 is 1. The van der Waals surface area contributed by atoms with E-state index in [-0.39, 0.29) is 18.6 Å². The minimum Gasteiger partial charge on any atom is -0.496 e. The molecule has 138 valence electrons. The van der Waals surface area contributed by atoms with Gasteiger partial charge in [-0.15, -0.1) is 0 Å². The highest BCUT2D eigenvalue weighted by atomic mass is 16.5. The Labute approximate surface area is 158 Å². The number of nitriles is 2. The normalized spacial score (nSPS) is 11.5. The van der Waals surface area contributed by atoms with Crippen LogP contribution in [0.1, 0.15) is 44.0 Å². The summed E-state index contributed by atoms with van der Waals surface area (Å²) in [5.41, 5.74) is 0.446. The molecule has 0 aliphatic rings. The van der Waals surface area contributed by atoms with Crippen LogP contribution in [-0.4, -0.2) is 28.1 Å². The number of carbonyl (C=O) groups is 1. The van der Waals surface area contributed by atoms with Crippen molar-refractivity contribution in [2.24, 2.45) is 5.41 Å². The predicted molar refractivity (Wildman–Crippen MR) is 99.3 cm³/mol. The first-order valence-corrected chi connectivity index (χ1v) is 8.55. The predicted octanol–water partition coefficient (Wildman–Crippen LogP) is 3.43. The average molecular weight is 363 g/mol. The van der Waals surface area contributed by atoms with E-state index in [2.05, 4.69) is 27.3 Å². The van der Waals surface area contributed by atoms with Gasteiger partial charge in [-0.25, -0.2) is 4.98 Å². The van der Waals surface area contributed by atoms with Crippen molar-refractivity contribution in [3.63, 3.8) is 0 Å². The van der Waals surface area contributed by atoms with Crippen molar-refractivity contribution >= 4 is 11.4 Å². The van der Waals surface area contributed by atoms with Crippen LogP contribution in [-0.2, 0) is 4.79 Å². The molecule has 0 bridgehead atoms. The third-order valence-electron chi connectivity index (χ3n) is 4.51. The molecule has 1 heterocycles. The summed E-state index contributed by atoms with van der Waals surface area (Å²) in [6.45, 7) is 1.79. The van der Waals surface area contributed by atoms with E-state index in [9.17, 15) is 4.79 Å². The van der Waals surface area contributed by atoms with E-state index in [4.69, 9.17) is 15.3 Å². The summed E-state index contributed by atoms with van der Waals surface area (Å²) in [5, 5.41) is 24.5. The lowest BCUT2D eigenvalue weighted by atomic mass is 9.76. The average Bonchev–Trinajstić information content (AvgIpc) is 3.23. The first-order valence-electron chi connectivity index (χ1n) is 8.55. The first-order chi connectivity index (χ1) is 13.1. The van der Waals surface area contributed by atoms with Crippen molar-refractivity contribution in [1.29, 1.82) is 10.5 Å². The molecule has 0 saturated heterocycles. The highest BCUT2D eigenvalue weighted by molar-refractivity contribution is 6.03. The molecular formula is C20H21N5O2. The Morgan fingerprint density at radius 2 is 1.93 bits per heavy atom. The molecule has 0 atom stereocenters. The molecule has 0 radical (unpaired) electrons. The minimum absolute atomic E-state index is 0.162. The Hall–Kier alpha value is -3.45. The molecule has 7 heteroatoms. The van der Waals surface area contributed by atoms with Crippen LogP contribution in [0.5, 0.6) is 5.75 Å². The molecule has 0 amide bonds. The van der Waals surface area contributed by atoms with E-state index in [1.807, 2.05) is 18.2 Å². The number of aromatic amines is 1. The third kappa shape index (κ3) is 4.80. The second-order valence-electron chi connectivity index (χ2n) is 6.33. The summed E-state index contributed by atoms with van der Waals surface area (Å²) >= 11 is 0. The van der Waals surface area contributed by atoms with Crippen LogP contribution in [0.25, 0.3) is 5.57 Å². The van der Waals surface area contributed by atoms with Crippen LogP contribution in [0.4, 0.5) is 0 Å². The lowest BCUT2D eigenvalue weighted by Crippen LogP contribution is -2.26. The van der Waals surface area contributed by atoms with Crippen LogP contribution in [0.15, 0.2) is 36.7 Å². The van der Waals surface area contributed by atoms with Gasteiger partial charge in [-0.1, -0.05) is 25.1 Å². The van der Waals surface area contributed by atoms with Gasteiger partial charge in [0.1, 0.15) is 12.1 Å². The van der Waals surface area contributed by atoms with Crippen LogP contribution in [0.2, 0.25) is 0 Å². The first kappa shape index (κ1) is 19.9. The molecule has 7 nitrogen and oxygen atoms in total. The summed E-state index contributed by atoms with van der Waals surface area (Å²) in [4.78, 5) is 17.3. The zero-order valence-electron chi connectivity index (χ0n) is 15.4. The second-order valence-corrected chi connectivity index (χ2v) is 6.33. The Morgan fingerprint density at radius 1 is 1.26 bits per heavy atom. The molecule has 2 rings (SSSR count). The highest BCUT2D eigenvalue weighted by Crippen LogP contribution is 2.34. The summed E-state index contributed by atoms with van der Waals surface area (Å²) in [7, 11) is 1.56. The molecule has 0 fully saturated rings. The summed E-state index contributed by atoms with van der Waals surface area (Å²) in [6, 6.07) is 11.5. The smallest absolute Gasteiger partial charge is 0.162 e. The van der Waals surface area contributed by atoms with Crippen molar-refractivity contribution in [2.45, 2.75) is 32.6 Å². The molecule has 0 aliphatic heterocycles. The second kappa shape index (κ2) is 9.30. The van der Waals surface area contributed by atoms with Gasteiger partial charge in [0.2, 0.25) is 0 Å². The number of carbonyl (C=O) groups excluding carboxylic acids is 1. The number of rotatable bonds is 9. The summed E-state index contributed by atoms with van der Waals surface area (Å²) < 4.78 is 5.42. The van der Waals surface area contributed by atoms with E-state index in [0.717, 1.165) is 0 Å². The van der Waals surface area contributed by atoms with Gasteiger partial charge < -0.3 is 4.74 Å². The number of ether oxygens (including phenoxy) is 1. The van der Waals surface area contributed by atoms with Crippen molar-refractivity contribution in [2.75, 3.05) is 7.11 Å². The van der Waals surface area contributed by atoms with Gasteiger partial charge in [0.25, 0.3) is 0 Å². The number of para-hydroxylation sites is 1. The van der Waals surface area contributed by atoms with Gasteiger partial charge in [-0.3, -0.25) is 9.89 Å². The summed E-state index contributed by atoms with van der Waals surface area (Å²) in [5.74, 6) is 0.879.